The Bertz CT molecular complexity index is 1780. The van der Waals surface area contributed by atoms with E-state index < -0.39 is 6.04 Å². The molecule has 1 unspecified atom stereocenters. The van der Waals surface area contributed by atoms with Crippen LogP contribution in [-0.4, -0.2) is 20.7 Å². The standard InChI is InChI=1S/C35H33N5O2S/c1-23-10-9-14-27(20-23)21-42-29-18-16-28(17-19-29)32-31(33(41)37-30-15-8-7-11-24(30)2)25(3)36-34-38-35(39-40(32)34)43-22-26-12-5-4-6-13-26/h4-20,32H,21-22H2,1-3H3,(H,37,41)(H,36,38,39). The third kappa shape index (κ3) is 6.49. The molecule has 2 heterocycles. The highest BCUT2D eigenvalue weighted by atomic mass is 32.2. The van der Waals surface area contributed by atoms with Crippen LogP contribution in [0.4, 0.5) is 11.6 Å². The summed E-state index contributed by atoms with van der Waals surface area (Å²) >= 11 is 1.57. The molecule has 1 atom stereocenters. The lowest BCUT2D eigenvalue weighted by atomic mass is 9.95. The third-order valence-corrected chi connectivity index (χ3v) is 8.27. The lowest BCUT2D eigenvalue weighted by molar-refractivity contribution is -0.113. The van der Waals surface area contributed by atoms with Crippen LogP contribution in [0.5, 0.6) is 5.75 Å². The first-order chi connectivity index (χ1) is 20.9. The molecule has 0 radical (unpaired) electrons. The summed E-state index contributed by atoms with van der Waals surface area (Å²) in [5.41, 5.74) is 7.49. The molecule has 0 bridgehead atoms. The number of ether oxygens (including phenoxy) is 1. The summed E-state index contributed by atoms with van der Waals surface area (Å²) in [6.45, 7) is 6.44. The molecule has 0 saturated carbocycles. The summed E-state index contributed by atoms with van der Waals surface area (Å²) in [7, 11) is 0. The maximum absolute atomic E-state index is 13.9. The Hall–Kier alpha value is -4.82. The smallest absolute Gasteiger partial charge is 0.255 e. The van der Waals surface area contributed by atoms with Gasteiger partial charge in [0.25, 0.3) is 5.91 Å². The number of nitrogens with zero attached hydrogens (tertiary/aromatic N) is 3. The number of carbonyl (C=O) groups is 1. The first kappa shape index (κ1) is 28.3. The number of allylic oxidation sites excluding steroid dienone is 1. The molecule has 6 rings (SSSR count). The van der Waals surface area contributed by atoms with Crippen LogP contribution in [0.2, 0.25) is 0 Å². The SMILES string of the molecule is CC1=C(C(=O)Nc2ccccc2C)C(c2ccc(OCc3cccc(C)c3)cc2)n2nc(SCc3ccccc3)nc2N1. The number of nitrogens with one attached hydrogen (secondary N) is 2. The number of aryl methyl sites for hydroxylation is 2. The monoisotopic (exact) mass is 587 g/mol. The fourth-order valence-corrected chi connectivity index (χ4v) is 5.92. The van der Waals surface area contributed by atoms with Crippen molar-refractivity contribution < 1.29 is 9.53 Å². The van der Waals surface area contributed by atoms with E-state index in [9.17, 15) is 4.79 Å². The van der Waals surface area contributed by atoms with E-state index in [0.717, 1.165) is 39.6 Å². The largest absolute Gasteiger partial charge is 0.489 e. The lowest BCUT2D eigenvalue weighted by Crippen LogP contribution is -2.31. The van der Waals surface area contributed by atoms with E-state index in [-0.39, 0.29) is 5.91 Å². The Balaban J connectivity index is 1.30. The second kappa shape index (κ2) is 12.6. The molecule has 5 aromatic rings. The van der Waals surface area contributed by atoms with Crippen LogP contribution in [0.3, 0.4) is 0 Å². The Kier molecular flexibility index (Phi) is 8.29. The average Bonchev–Trinajstić information content (AvgIpc) is 3.42. The molecule has 2 N–H and O–H groups in total. The molecule has 4 aromatic carbocycles. The number of fused-ring (bicyclic) bond motifs is 1. The van der Waals surface area contributed by atoms with Crippen molar-refractivity contribution in [3.63, 3.8) is 0 Å². The number of hydrogen-bond donors (Lipinski definition) is 2. The Labute approximate surface area is 256 Å². The highest BCUT2D eigenvalue weighted by molar-refractivity contribution is 7.98. The van der Waals surface area contributed by atoms with E-state index in [1.54, 1.807) is 11.8 Å². The molecule has 216 valence electrons. The molecule has 1 aromatic heterocycles. The fourth-order valence-electron chi connectivity index (χ4n) is 5.13. The van der Waals surface area contributed by atoms with Crippen LogP contribution in [-0.2, 0) is 17.2 Å². The van der Waals surface area contributed by atoms with Crippen molar-refractivity contribution in [2.45, 2.75) is 44.3 Å². The fraction of sp³-hybridized carbons (Fsp3) is 0.171. The molecular formula is C35H33N5O2S. The van der Waals surface area contributed by atoms with Gasteiger partial charge in [-0.1, -0.05) is 102 Å². The number of para-hydroxylation sites is 1. The number of aromatic nitrogens is 3. The van der Waals surface area contributed by atoms with E-state index >= 15 is 0 Å². The first-order valence-corrected chi connectivity index (χ1v) is 15.2. The Morgan fingerprint density at radius 2 is 1.65 bits per heavy atom. The van der Waals surface area contributed by atoms with Gasteiger partial charge in [0.2, 0.25) is 11.1 Å². The second-order valence-electron chi connectivity index (χ2n) is 10.6. The number of thioether (sulfide) groups is 1. The predicted octanol–water partition coefficient (Wildman–Crippen LogP) is 7.69. The van der Waals surface area contributed by atoms with Gasteiger partial charge in [-0.2, -0.15) is 4.98 Å². The highest BCUT2D eigenvalue weighted by Gasteiger charge is 2.34. The van der Waals surface area contributed by atoms with Crippen LogP contribution in [0.25, 0.3) is 0 Å². The molecule has 43 heavy (non-hydrogen) atoms. The molecule has 1 aliphatic rings. The predicted molar refractivity (Wildman–Crippen MR) is 172 cm³/mol. The van der Waals surface area contributed by atoms with Gasteiger partial charge in [-0.3, -0.25) is 4.79 Å². The van der Waals surface area contributed by atoms with Crippen LogP contribution < -0.4 is 15.4 Å². The number of amides is 1. The average molecular weight is 588 g/mol. The minimum absolute atomic E-state index is 0.191. The van der Waals surface area contributed by atoms with Crippen molar-refractivity contribution in [3.8, 4) is 5.75 Å². The second-order valence-corrected chi connectivity index (χ2v) is 11.6. The van der Waals surface area contributed by atoms with Gasteiger partial charge in [0.15, 0.2) is 0 Å². The molecule has 0 aliphatic carbocycles. The third-order valence-electron chi connectivity index (χ3n) is 7.37. The van der Waals surface area contributed by atoms with Gasteiger partial charge in [0.1, 0.15) is 18.4 Å². The summed E-state index contributed by atoms with van der Waals surface area (Å²) in [5.74, 6) is 1.91. The van der Waals surface area contributed by atoms with Gasteiger partial charge in [0.05, 0.1) is 5.57 Å². The van der Waals surface area contributed by atoms with Crippen LogP contribution in [0, 0.1) is 13.8 Å². The van der Waals surface area contributed by atoms with Gasteiger partial charge >= 0.3 is 0 Å². The first-order valence-electron chi connectivity index (χ1n) is 14.2. The molecule has 0 saturated heterocycles. The zero-order valence-electron chi connectivity index (χ0n) is 24.4. The summed E-state index contributed by atoms with van der Waals surface area (Å²) in [5, 5.41) is 12.0. The molecule has 0 spiro atoms. The van der Waals surface area contributed by atoms with Crippen molar-refractivity contribution in [1.82, 2.24) is 14.8 Å². The maximum Gasteiger partial charge on any atom is 0.255 e. The topological polar surface area (TPSA) is 81.1 Å². The number of rotatable bonds is 9. The number of carbonyl (C=O) groups excluding carboxylic acids is 1. The molecular weight excluding hydrogens is 554 g/mol. The lowest BCUT2D eigenvalue weighted by Gasteiger charge is -2.29. The van der Waals surface area contributed by atoms with Crippen LogP contribution in [0.1, 0.15) is 40.8 Å². The maximum atomic E-state index is 13.9. The highest BCUT2D eigenvalue weighted by Crippen LogP contribution is 2.37. The summed E-state index contributed by atoms with van der Waals surface area (Å²) < 4.78 is 7.90. The quantitative estimate of drug-likeness (QED) is 0.172. The van der Waals surface area contributed by atoms with Crippen LogP contribution >= 0.6 is 11.8 Å². The van der Waals surface area contributed by atoms with E-state index in [4.69, 9.17) is 14.8 Å². The molecule has 1 aliphatic heterocycles. The van der Waals surface area contributed by atoms with E-state index in [0.29, 0.717) is 23.3 Å². The number of anilines is 2. The van der Waals surface area contributed by atoms with E-state index in [1.165, 1.54) is 11.1 Å². The van der Waals surface area contributed by atoms with Gasteiger partial charge in [-0.15, -0.1) is 5.10 Å². The van der Waals surface area contributed by atoms with Crippen molar-refractivity contribution in [2.75, 3.05) is 10.6 Å². The van der Waals surface area contributed by atoms with Crippen molar-refractivity contribution in [3.05, 3.63) is 142 Å². The molecule has 1 amide bonds. The number of benzene rings is 4. The van der Waals surface area contributed by atoms with Crippen molar-refractivity contribution in [2.24, 2.45) is 0 Å². The summed E-state index contributed by atoms with van der Waals surface area (Å²) in [6.07, 6.45) is 0. The van der Waals surface area contributed by atoms with E-state index in [1.807, 2.05) is 91.3 Å². The van der Waals surface area contributed by atoms with Gasteiger partial charge in [-0.05, 0) is 61.2 Å². The van der Waals surface area contributed by atoms with E-state index in [2.05, 4.69) is 47.9 Å². The summed E-state index contributed by atoms with van der Waals surface area (Å²) in [6, 6.07) is 33.7. The number of hydrogen-bond acceptors (Lipinski definition) is 6. The normalized spacial score (nSPS) is 14.2. The van der Waals surface area contributed by atoms with Gasteiger partial charge < -0.3 is 15.4 Å². The molecule has 8 heteroatoms. The zero-order chi connectivity index (χ0) is 29.8. The van der Waals surface area contributed by atoms with Gasteiger partial charge in [0, 0.05) is 17.1 Å². The minimum atomic E-state index is -0.482. The summed E-state index contributed by atoms with van der Waals surface area (Å²) in [4.78, 5) is 18.7. The zero-order valence-corrected chi connectivity index (χ0v) is 25.2. The van der Waals surface area contributed by atoms with Gasteiger partial charge in [-0.25, -0.2) is 4.68 Å². The van der Waals surface area contributed by atoms with Crippen LogP contribution in [0.15, 0.2) is 120 Å². The molecule has 7 nitrogen and oxygen atoms in total. The van der Waals surface area contributed by atoms with Crippen molar-refractivity contribution >= 4 is 29.3 Å². The Morgan fingerprint density at radius 3 is 2.42 bits per heavy atom. The van der Waals surface area contributed by atoms with Crippen molar-refractivity contribution in [1.29, 1.82) is 0 Å². The molecule has 0 fully saturated rings. The Morgan fingerprint density at radius 1 is 0.907 bits per heavy atom. The minimum Gasteiger partial charge on any atom is -0.489 e.